The predicted molar refractivity (Wildman–Crippen MR) is 113 cm³/mol. The Bertz CT molecular complexity index is 1070. The van der Waals surface area contributed by atoms with Crippen molar-refractivity contribution in [2.24, 2.45) is 0 Å². The van der Waals surface area contributed by atoms with E-state index in [0.29, 0.717) is 28.4 Å². The fourth-order valence-electron chi connectivity index (χ4n) is 3.45. The molecule has 0 radical (unpaired) electrons. The van der Waals surface area contributed by atoms with E-state index in [-0.39, 0.29) is 17.7 Å². The van der Waals surface area contributed by atoms with Crippen LogP contribution < -0.4 is 10.2 Å². The molecule has 9 heteroatoms. The van der Waals surface area contributed by atoms with Gasteiger partial charge in [-0.2, -0.15) is 0 Å². The van der Waals surface area contributed by atoms with Gasteiger partial charge >= 0.3 is 0 Å². The lowest BCUT2D eigenvalue weighted by atomic mass is 9.87. The van der Waals surface area contributed by atoms with Crippen LogP contribution >= 0.6 is 11.6 Å². The molecule has 1 aliphatic rings. The summed E-state index contributed by atoms with van der Waals surface area (Å²) in [7, 11) is -3.50. The topological polar surface area (TPSA) is 66.5 Å². The number of carbonyl (C=O) groups excluding carboxylic acids is 1. The minimum atomic E-state index is -3.50. The van der Waals surface area contributed by atoms with Gasteiger partial charge < -0.3 is 10.2 Å². The van der Waals surface area contributed by atoms with Crippen molar-refractivity contribution in [3.05, 3.63) is 71.4 Å². The summed E-state index contributed by atoms with van der Waals surface area (Å²) in [4.78, 5) is 13.4. The van der Waals surface area contributed by atoms with Gasteiger partial charge in [-0.05, 0) is 29.8 Å². The average molecular weight is 455 g/mol. The summed E-state index contributed by atoms with van der Waals surface area (Å²) in [5, 5.41) is 3.33. The van der Waals surface area contributed by atoms with E-state index in [1.165, 1.54) is 23.1 Å². The first-order valence-electron chi connectivity index (χ1n) is 9.13. The zero-order chi connectivity index (χ0) is 22.1. The number of alkyl halides is 2. The van der Waals surface area contributed by atoms with Gasteiger partial charge in [0.25, 0.3) is 5.92 Å². The second-order valence-electron chi connectivity index (χ2n) is 7.34. The van der Waals surface area contributed by atoms with Crippen molar-refractivity contribution >= 4 is 33.5 Å². The number of hydrogen-bond donors (Lipinski definition) is 1. The van der Waals surface area contributed by atoms with Crippen LogP contribution in [-0.4, -0.2) is 33.0 Å². The Hall–Kier alpha value is -2.45. The maximum absolute atomic E-state index is 13.3. The van der Waals surface area contributed by atoms with Gasteiger partial charge in [-0.25, -0.2) is 17.2 Å². The minimum Gasteiger partial charge on any atom is -0.384 e. The van der Waals surface area contributed by atoms with E-state index in [9.17, 15) is 22.0 Å². The maximum Gasteiger partial charge on any atom is 0.252 e. The summed E-state index contributed by atoms with van der Waals surface area (Å²) in [6.07, 6.45) is 0.954. The summed E-state index contributed by atoms with van der Waals surface area (Å²) >= 11 is 6.36. The molecule has 1 saturated carbocycles. The lowest BCUT2D eigenvalue weighted by molar-refractivity contribution is -0.108. The molecule has 0 aliphatic heterocycles. The number of halogens is 3. The highest BCUT2D eigenvalue weighted by molar-refractivity contribution is 7.90. The molecule has 0 spiro atoms. The highest BCUT2D eigenvalue weighted by atomic mass is 35.5. The molecule has 2 aromatic carbocycles. The molecule has 0 saturated heterocycles. The highest BCUT2D eigenvalue weighted by Crippen LogP contribution is 2.40. The molecule has 3 rings (SSSR count). The van der Waals surface area contributed by atoms with E-state index in [2.05, 4.69) is 11.9 Å². The number of nitrogens with one attached hydrogen (secondary N) is 1. The molecule has 0 bridgehead atoms. The molecule has 2 aromatic rings. The molecule has 160 valence electrons. The van der Waals surface area contributed by atoms with Gasteiger partial charge in [-0.1, -0.05) is 42.4 Å². The molecular weight excluding hydrogens is 434 g/mol. The molecule has 30 heavy (non-hydrogen) atoms. The van der Waals surface area contributed by atoms with Crippen molar-refractivity contribution in [3.8, 4) is 0 Å². The van der Waals surface area contributed by atoms with Crippen LogP contribution in [0, 0.1) is 0 Å². The number of amides is 1. The van der Waals surface area contributed by atoms with Gasteiger partial charge in [0, 0.05) is 41.5 Å². The Morgan fingerprint density at radius 2 is 1.93 bits per heavy atom. The van der Waals surface area contributed by atoms with Gasteiger partial charge in [0.1, 0.15) is 6.04 Å². The lowest BCUT2D eigenvalue weighted by Gasteiger charge is -2.39. The Morgan fingerprint density at radius 1 is 1.27 bits per heavy atom. The smallest absolute Gasteiger partial charge is 0.252 e. The van der Waals surface area contributed by atoms with Crippen LogP contribution in [0.5, 0.6) is 0 Å². The normalized spacial score (nSPS) is 16.9. The van der Waals surface area contributed by atoms with Crippen molar-refractivity contribution in [1.82, 2.24) is 5.32 Å². The molecule has 1 atom stereocenters. The maximum atomic E-state index is 13.3. The van der Waals surface area contributed by atoms with Crippen molar-refractivity contribution < 1.29 is 22.0 Å². The third-order valence-electron chi connectivity index (χ3n) is 4.95. The quantitative estimate of drug-likeness (QED) is 0.602. The van der Waals surface area contributed by atoms with Crippen molar-refractivity contribution in [2.45, 2.75) is 35.7 Å². The van der Waals surface area contributed by atoms with E-state index in [1.807, 2.05) is 0 Å². The zero-order valence-electron chi connectivity index (χ0n) is 16.2. The second kappa shape index (κ2) is 8.35. The van der Waals surface area contributed by atoms with Crippen molar-refractivity contribution in [3.63, 3.8) is 0 Å². The summed E-state index contributed by atoms with van der Waals surface area (Å²) in [5.74, 6) is -2.72. The Balaban J connectivity index is 2.01. The fraction of sp³-hybridized carbons (Fsp3) is 0.286. The first kappa shape index (κ1) is 22.2. The molecule has 1 amide bonds. The molecule has 1 unspecified atom stereocenters. The molecule has 5 nitrogen and oxygen atoms in total. The number of rotatable bonds is 8. The number of nitrogens with zero attached hydrogens (tertiary/aromatic N) is 1. The number of hydrogen-bond acceptors (Lipinski definition) is 4. The summed E-state index contributed by atoms with van der Waals surface area (Å²) in [6, 6.07) is 11.4. The van der Waals surface area contributed by atoms with Crippen LogP contribution in [0.3, 0.4) is 0 Å². The predicted octanol–water partition coefficient (Wildman–Crippen LogP) is 4.35. The first-order chi connectivity index (χ1) is 14.0. The molecule has 1 aliphatic carbocycles. The molecule has 0 heterocycles. The van der Waals surface area contributed by atoms with Gasteiger partial charge in [0.2, 0.25) is 6.41 Å². The number of benzene rings is 2. The fourth-order valence-corrected chi connectivity index (χ4v) is 4.35. The summed E-state index contributed by atoms with van der Waals surface area (Å²) in [5.41, 5.74) is 1.14. The molecular formula is C21H21ClF2N2O3S. The van der Waals surface area contributed by atoms with Crippen LogP contribution in [0.1, 0.15) is 24.4 Å². The van der Waals surface area contributed by atoms with Crippen molar-refractivity contribution in [2.75, 3.05) is 11.2 Å². The zero-order valence-corrected chi connectivity index (χ0v) is 17.8. The largest absolute Gasteiger partial charge is 0.384 e. The van der Waals surface area contributed by atoms with E-state index < -0.39 is 27.8 Å². The SMILES string of the molecule is C=C(NC1CC(F)(F)C1)C(c1ccccc1Cl)N(C=O)c1cccc(S(C)(=O)=O)c1. The van der Waals surface area contributed by atoms with E-state index in [1.54, 1.807) is 30.3 Å². The van der Waals surface area contributed by atoms with E-state index in [0.717, 1.165) is 6.26 Å². The van der Waals surface area contributed by atoms with E-state index in [4.69, 9.17) is 11.6 Å². The third kappa shape index (κ3) is 4.82. The van der Waals surface area contributed by atoms with Crippen LogP contribution in [0.25, 0.3) is 0 Å². The molecule has 1 N–H and O–H groups in total. The molecule has 0 aromatic heterocycles. The van der Waals surface area contributed by atoms with Crippen LogP contribution in [0.2, 0.25) is 5.02 Å². The van der Waals surface area contributed by atoms with Crippen LogP contribution in [0.15, 0.2) is 65.7 Å². The first-order valence-corrected chi connectivity index (χ1v) is 11.4. The Labute approximate surface area is 179 Å². The van der Waals surface area contributed by atoms with Gasteiger partial charge in [0.15, 0.2) is 9.84 Å². The lowest BCUT2D eigenvalue weighted by Crippen LogP contribution is -2.49. The van der Waals surface area contributed by atoms with E-state index >= 15 is 0 Å². The summed E-state index contributed by atoms with van der Waals surface area (Å²) in [6.45, 7) is 3.97. The highest BCUT2D eigenvalue weighted by Gasteiger charge is 2.46. The number of anilines is 1. The standard InChI is InChI=1S/C21H21ClF2N2O3S/c1-14(25-15-11-21(23,24)12-15)20(18-8-3-4-9-19(18)22)26(13-27)16-6-5-7-17(10-16)30(2,28)29/h3-10,13,15,20,25H,1,11-12H2,2H3. The van der Waals surface area contributed by atoms with Crippen molar-refractivity contribution in [1.29, 1.82) is 0 Å². The minimum absolute atomic E-state index is 0.0435. The average Bonchev–Trinajstić information content (AvgIpc) is 2.64. The van der Waals surface area contributed by atoms with Gasteiger partial charge in [-0.15, -0.1) is 0 Å². The van der Waals surface area contributed by atoms with Crippen LogP contribution in [-0.2, 0) is 14.6 Å². The third-order valence-corrected chi connectivity index (χ3v) is 6.40. The second-order valence-corrected chi connectivity index (χ2v) is 9.76. The van der Waals surface area contributed by atoms with Crippen LogP contribution in [0.4, 0.5) is 14.5 Å². The van der Waals surface area contributed by atoms with Gasteiger partial charge in [-0.3, -0.25) is 4.79 Å². The monoisotopic (exact) mass is 454 g/mol. The van der Waals surface area contributed by atoms with Gasteiger partial charge in [0.05, 0.1) is 4.90 Å². The number of sulfone groups is 1. The summed E-state index contributed by atoms with van der Waals surface area (Å²) < 4.78 is 50.4. The number of carbonyl (C=O) groups is 1. The Kier molecular flexibility index (Phi) is 6.19. The Morgan fingerprint density at radius 3 is 2.50 bits per heavy atom. The molecule has 1 fully saturated rings.